The molecule has 1 aromatic heterocycles. The molecule has 1 amide bonds. The normalized spacial score (nSPS) is 11.8. The summed E-state index contributed by atoms with van der Waals surface area (Å²) in [5.41, 5.74) is 2.97. The van der Waals surface area contributed by atoms with E-state index in [0.29, 0.717) is 18.1 Å². The van der Waals surface area contributed by atoms with Gasteiger partial charge in [-0.15, -0.1) is 0 Å². The highest BCUT2D eigenvalue weighted by atomic mass is 16.5. The summed E-state index contributed by atoms with van der Waals surface area (Å²) < 4.78 is 16.5. The van der Waals surface area contributed by atoms with E-state index in [9.17, 15) is 4.79 Å². The first-order valence-electron chi connectivity index (χ1n) is 9.87. The molecular weight excluding hydrogens is 382 g/mol. The van der Waals surface area contributed by atoms with E-state index in [-0.39, 0.29) is 12.5 Å². The molecule has 0 aliphatic rings. The molecule has 0 saturated heterocycles. The first-order valence-corrected chi connectivity index (χ1v) is 9.87. The zero-order valence-corrected chi connectivity index (χ0v) is 18.0. The number of hydrogen-bond acceptors (Lipinski definition) is 6. The largest absolute Gasteiger partial charge is 0.497 e. The minimum absolute atomic E-state index is 0.136. The Balaban J connectivity index is 1.66. The molecule has 0 saturated carbocycles. The number of amides is 1. The Kier molecular flexibility index (Phi) is 6.72. The summed E-state index contributed by atoms with van der Waals surface area (Å²) in [6.45, 7) is 6.14. The number of likely N-dealkylation sites (N-methyl/N-ethyl adjacent to an activating group) is 1. The maximum Gasteiger partial charge on any atom is 0.263 e. The molecule has 0 aliphatic carbocycles. The number of aryl methyl sites for hydroxylation is 1. The Labute approximate surface area is 176 Å². The van der Waals surface area contributed by atoms with Crippen LogP contribution in [-0.2, 0) is 11.3 Å². The maximum atomic E-state index is 12.9. The second kappa shape index (κ2) is 9.43. The molecule has 2 aromatic carbocycles. The fourth-order valence-corrected chi connectivity index (χ4v) is 3.02. The van der Waals surface area contributed by atoms with E-state index in [1.165, 1.54) is 0 Å². The van der Waals surface area contributed by atoms with Gasteiger partial charge in [-0.1, -0.05) is 24.2 Å². The van der Waals surface area contributed by atoms with Gasteiger partial charge in [0.15, 0.2) is 6.10 Å². The van der Waals surface area contributed by atoms with Crippen molar-refractivity contribution in [3.05, 3.63) is 59.5 Å². The lowest BCUT2D eigenvalue weighted by molar-refractivity contribution is -0.138. The van der Waals surface area contributed by atoms with Gasteiger partial charge in [-0.25, -0.2) is 0 Å². The van der Waals surface area contributed by atoms with Crippen molar-refractivity contribution < 1.29 is 18.8 Å². The highest BCUT2D eigenvalue weighted by Gasteiger charge is 2.24. The van der Waals surface area contributed by atoms with Crippen LogP contribution in [0.15, 0.2) is 47.0 Å². The van der Waals surface area contributed by atoms with Crippen LogP contribution in [0.4, 0.5) is 0 Å². The number of carbonyl (C=O) groups excluding carboxylic acids is 1. The predicted octanol–water partition coefficient (Wildman–Crippen LogP) is 4.18. The summed E-state index contributed by atoms with van der Waals surface area (Å²) in [4.78, 5) is 18.9. The van der Waals surface area contributed by atoms with Crippen molar-refractivity contribution in [2.45, 2.75) is 39.8 Å². The lowest BCUT2D eigenvalue weighted by Gasteiger charge is -2.23. The molecule has 0 fully saturated rings. The molecule has 0 bridgehead atoms. The summed E-state index contributed by atoms with van der Waals surface area (Å²) in [5.74, 6) is 2.17. The average Bonchev–Trinajstić information content (AvgIpc) is 3.22. The average molecular weight is 409 g/mol. The highest BCUT2D eigenvalue weighted by Crippen LogP contribution is 2.23. The number of benzene rings is 2. The van der Waals surface area contributed by atoms with E-state index < -0.39 is 6.10 Å². The molecule has 1 atom stereocenters. The van der Waals surface area contributed by atoms with Crippen molar-refractivity contribution in [2.24, 2.45) is 0 Å². The van der Waals surface area contributed by atoms with Crippen LogP contribution in [-0.4, -0.2) is 41.2 Å². The number of rotatable bonds is 8. The van der Waals surface area contributed by atoms with Gasteiger partial charge in [0.1, 0.15) is 11.5 Å². The van der Waals surface area contributed by atoms with Crippen molar-refractivity contribution in [2.75, 3.05) is 14.2 Å². The third-order valence-corrected chi connectivity index (χ3v) is 5.04. The van der Waals surface area contributed by atoms with E-state index in [4.69, 9.17) is 14.0 Å². The number of ether oxygens (including phenoxy) is 2. The van der Waals surface area contributed by atoms with Gasteiger partial charge in [0, 0.05) is 12.6 Å². The molecule has 0 aliphatic heterocycles. The molecule has 0 N–H and O–H groups in total. The van der Waals surface area contributed by atoms with E-state index in [1.54, 1.807) is 19.1 Å². The quantitative estimate of drug-likeness (QED) is 0.555. The minimum atomic E-state index is -0.584. The number of hydrogen-bond donors (Lipinski definition) is 0. The SMILES string of the molecule is CC[C@H](Oc1cccc(C)c1C)C(=O)N(C)Cc1nc(-c2ccc(OC)cc2)no1. The molecule has 0 spiro atoms. The number of aromatic nitrogens is 2. The molecule has 0 radical (unpaired) electrons. The fourth-order valence-electron chi connectivity index (χ4n) is 3.02. The fraction of sp³-hybridized carbons (Fsp3) is 0.348. The Morgan fingerprint density at radius 3 is 2.57 bits per heavy atom. The predicted molar refractivity (Wildman–Crippen MR) is 113 cm³/mol. The van der Waals surface area contributed by atoms with Crippen LogP contribution in [0.25, 0.3) is 11.4 Å². The van der Waals surface area contributed by atoms with Crippen LogP contribution in [0, 0.1) is 13.8 Å². The zero-order valence-electron chi connectivity index (χ0n) is 18.0. The molecule has 30 heavy (non-hydrogen) atoms. The van der Waals surface area contributed by atoms with Crippen LogP contribution >= 0.6 is 0 Å². The standard InChI is InChI=1S/C23H27N3O4/c1-6-19(29-20-9-7-8-15(2)16(20)3)23(27)26(4)14-21-24-22(25-30-21)17-10-12-18(28-5)13-11-17/h7-13,19H,6,14H2,1-5H3/t19-/m0/s1. The zero-order chi connectivity index (χ0) is 21.7. The first-order chi connectivity index (χ1) is 14.4. The van der Waals surface area contributed by atoms with Gasteiger partial charge in [-0.05, 0) is 61.7 Å². The minimum Gasteiger partial charge on any atom is -0.497 e. The maximum absolute atomic E-state index is 12.9. The summed E-state index contributed by atoms with van der Waals surface area (Å²) in [6, 6.07) is 13.2. The van der Waals surface area contributed by atoms with Gasteiger partial charge in [0.05, 0.1) is 13.7 Å². The Bertz CT molecular complexity index is 998. The molecule has 3 aromatic rings. The Morgan fingerprint density at radius 2 is 1.90 bits per heavy atom. The summed E-state index contributed by atoms with van der Waals surface area (Å²) in [7, 11) is 3.32. The number of methoxy groups -OCH3 is 1. The molecule has 7 heteroatoms. The van der Waals surface area contributed by atoms with Gasteiger partial charge in [0.25, 0.3) is 5.91 Å². The second-order valence-corrected chi connectivity index (χ2v) is 7.15. The lowest BCUT2D eigenvalue weighted by atomic mass is 10.1. The first kappa shape index (κ1) is 21.4. The Morgan fingerprint density at radius 1 is 1.17 bits per heavy atom. The molecule has 1 heterocycles. The van der Waals surface area contributed by atoms with E-state index in [0.717, 1.165) is 28.2 Å². The molecular formula is C23H27N3O4. The van der Waals surface area contributed by atoms with Gasteiger partial charge < -0.3 is 18.9 Å². The lowest BCUT2D eigenvalue weighted by Crippen LogP contribution is -2.39. The summed E-state index contributed by atoms with van der Waals surface area (Å²) >= 11 is 0. The van der Waals surface area contributed by atoms with Crippen molar-refractivity contribution in [3.8, 4) is 22.9 Å². The van der Waals surface area contributed by atoms with E-state index >= 15 is 0 Å². The number of carbonyl (C=O) groups is 1. The third-order valence-electron chi connectivity index (χ3n) is 5.04. The monoisotopic (exact) mass is 409 g/mol. The van der Waals surface area contributed by atoms with Crippen LogP contribution in [0.5, 0.6) is 11.5 Å². The van der Waals surface area contributed by atoms with Gasteiger partial charge >= 0.3 is 0 Å². The third kappa shape index (κ3) is 4.79. The summed E-state index contributed by atoms with van der Waals surface area (Å²) in [5, 5.41) is 4.01. The topological polar surface area (TPSA) is 77.7 Å². The van der Waals surface area contributed by atoms with Crippen molar-refractivity contribution in [1.29, 1.82) is 0 Å². The van der Waals surface area contributed by atoms with E-state index in [1.807, 2.05) is 63.2 Å². The summed E-state index contributed by atoms with van der Waals surface area (Å²) in [6.07, 6.45) is -0.0308. The van der Waals surface area contributed by atoms with Gasteiger partial charge in [0.2, 0.25) is 11.7 Å². The molecule has 0 unspecified atom stereocenters. The molecule has 7 nitrogen and oxygen atoms in total. The van der Waals surface area contributed by atoms with Gasteiger partial charge in [-0.3, -0.25) is 4.79 Å². The highest BCUT2D eigenvalue weighted by molar-refractivity contribution is 5.81. The van der Waals surface area contributed by atoms with Crippen LogP contribution in [0.3, 0.4) is 0 Å². The Hall–Kier alpha value is -3.35. The molecule has 158 valence electrons. The van der Waals surface area contributed by atoms with Crippen molar-refractivity contribution >= 4 is 5.91 Å². The van der Waals surface area contributed by atoms with Crippen LogP contribution in [0.1, 0.15) is 30.4 Å². The van der Waals surface area contributed by atoms with Crippen molar-refractivity contribution in [3.63, 3.8) is 0 Å². The van der Waals surface area contributed by atoms with Crippen LogP contribution < -0.4 is 9.47 Å². The van der Waals surface area contributed by atoms with Gasteiger partial charge in [-0.2, -0.15) is 4.98 Å². The van der Waals surface area contributed by atoms with E-state index in [2.05, 4.69) is 10.1 Å². The second-order valence-electron chi connectivity index (χ2n) is 7.15. The van der Waals surface area contributed by atoms with Crippen molar-refractivity contribution in [1.82, 2.24) is 15.0 Å². The van der Waals surface area contributed by atoms with Crippen LogP contribution in [0.2, 0.25) is 0 Å². The smallest absolute Gasteiger partial charge is 0.263 e. The molecule has 3 rings (SSSR count). The number of nitrogens with zero attached hydrogens (tertiary/aromatic N) is 3.